The zero-order chi connectivity index (χ0) is 36.9. The topological polar surface area (TPSA) is 68.3 Å². The van der Waals surface area contributed by atoms with Crippen LogP contribution < -0.4 is 14.5 Å². The van der Waals surface area contributed by atoms with E-state index in [4.69, 9.17) is 26.3 Å². The van der Waals surface area contributed by atoms with E-state index in [1.807, 2.05) is 28.0 Å². The van der Waals surface area contributed by atoms with Gasteiger partial charge in [0.2, 0.25) is 5.91 Å². The lowest BCUT2D eigenvalue weighted by atomic mass is 9.90. The molecule has 6 rings (SSSR count). The second kappa shape index (κ2) is 16.6. The van der Waals surface area contributed by atoms with Crippen LogP contribution in [-0.2, 0) is 17.8 Å². The number of hydrogen-bond donors (Lipinski definition) is 0. The normalized spacial score (nSPS) is 19.3. The van der Waals surface area contributed by atoms with E-state index in [0.717, 1.165) is 77.3 Å². The molecule has 3 aliphatic rings. The Morgan fingerprint density at radius 3 is 2.42 bits per heavy atom. The Bertz CT molecular complexity index is 1720. The molecule has 2 fully saturated rings. The van der Waals surface area contributed by atoms with Crippen LogP contribution in [0.15, 0.2) is 48.6 Å². The first-order chi connectivity index (χ1) is 25.1. The molecule has 0 bridgehead atoms. The van der Waals surface area contributed by atoms with Gasteiger partial charge in [0.15, 0.2) is 0 Å². The number of anilines is 2. The summed E-state index contributed by atoms with van der Waals surface area (Å²) in [5.74, 6) is -1.73. The SMILES string of the molecule is CCCC(CC)(COc1nc2c(c(N3CCN(C(=O)/C=C/CN4CCC(F)(F)CC4)CC3)n1)CCN(c1cccc3cccc(Cl)c13)C2)N(C)CC. The maximum absolute atomic E-state index is 13.5. The summed E-state index contributed by atoms with van der Waals surface area (Å²) >= 11 is 6.76. The number of likely N-dealkylation sites (N-methyl/N-ethyl adjacent to an activating group) is 1. The first-order valence-corrected chi connectivity index (χ1v) is 19.4. The highest BCUT2D eigenvalue weighted by molar-refractivity contribution is 6.36. The average Bonchev–Trinajstić information content (AvgIpc) is 3.16. The summed E-state index contributed by atoms with van der Waals surface area (Å²) in [5, 5.41) is 2.88. The molecule has 1 atom stereocenters. The smallest absolute Gasteiger partial charge is 0.318 e. The first kappa shape index (κ1) is 38.2. The number of halogens is 3. The van der Waals surface area contributed by atoms with Gasteiger partial charge >= 0.3 is 6.01 Å². The quantitative estimate of drug-likeness (QED) is 0.173. The van der Waals surface area contributed by atoms with E-state index >= 15 is 0 Å². The number of aromatic nitrogens is 2. The number of ether oxygens (including phenoxy) is 1. The van der Waals surface area contributed by atoms with Crippen LogP contribution in [-0.4, -0.2) is 115 Å². The molecule has 2 saturated heterocycles. The van der Waals surface area contributed by atoms with Crippen molar-refractivity contribution in [3.05, 3.63) is 64.8 Å². The average molecular weight is 738 g/mol. The Morgan fingerprint density at radius 1 is 1.00 bits per heavy atom. The summed E-state index contributed by atoms with van der Waals surface area (Å²) in [6, 6.07) is 12.7. The molecular formula is C40H54ClF2N7O2. The predicted molar refractivity (Wildman–Crippen MR) is 206 cm³/mol. The lowest BCUT2D eigenvalue weighted by molar-refractivity contribution is -0.126. The standard InChI is InChI=1S/C40H54ClF2N7O2/c1-5-17-39(6-2,46(4)7-3)29-52-38-44-33-28-50(34-14-9-12-30-11-8-13-32(41)36(30)34)21-16-31(33)37(45-38)49-26-24-48(25-27-49)35(51)15-10-20-47-22-18-40(42,43)19-23-47/h8-15H,5-7,16-29H2,1-4H3/b15-10+. The maximum Gasteiger partial charge on any atom is 0.318 e. The molecule has 0 spiro atoms. The largest absolute Gasteiger partial charge is 0.461 e. The molecule has 1 aromatic heterocycles. The Balaban J connectivity index is 1.21. The fraction of sp³-hybridized carbons (Fsp3) is 0.575. The number of benzene rings is 2. The van der Waals surface area contributed by atoms with Crippen LogP contribution in [0, 0.1) is 0 Å². The van der Waals surface area contributed by atoms with Crippen LogP contribution in [0.2, 0.25) is 5.02 Å². The molecule has 0 radical (unpaired) electrons. The van der Waals surface area contributed by atoms with Crippen LogP contribution in [0.1, 0.15) is 64.1 Å². The number of carbonyl (C=O) groups is 1. The van der Waals surface area contributed by atoms with Crippen molar-refractivity contribution in [2.75, 3.05) is 82.4 Å². The molecule has 282 valence electrons. The van der Waals surface area contributed by atoms with Crippen molar-refractivity contribution in [1.29, 1.82) is 0 Å². The Kier molecular flexibility index (Phi) is 12.2. The number of carbonyl (C=O) groups excluding carboxylic acids is 1. The number of likely N-dealkylation sites (tertiary alicyclic amines) is 1. The molecule has 0 saturated carbocycles. The van der Waals surface area contributed by atoms with E-state index in [1.54, 1.807) is 6.08 Å². The van der Waals surface area contributed by atoms with Crippen molar-refractivity contribution in [1.82, 2.24) is 24.7 Å². The lowest BCUT2D eigenvalue weighted by Gasteiger charge is -2.41. The molecular weight excluding hydrogens is 684 g/mol. The molecule has 12 heteroatoms. The van der Waals surface area contributed by atoms with Gasteiger partial charge in [0, 0.05) is 87.9 Å². The highest BCUT2D eigenvalue weighted by Crippen LogP contribution is 2.37. The number of hydrogen-bond acceptors (Lipinski definition) is 8. The summed E-state index contributed by atoms with van der Waals surface area (Å²) in [6.45, 7) is 13.0. The van der Waals surface area contributed by atoms with E-state index in [0.29, 0.717) is 65.0 Å². The second-order valence-electron chi connectivity index (χ2n) is 14.5. The van der Waals surface area contributed by atoms with Crippen LogP contribution in [0.3, 0.4) is 0 Å². The third-order valence-electron chi connectivity index (χ3n) is 11.4. The van der Waals surface area contributed by atoms with E-state index in [9.17, 15) is 13.6 Å². The third kappa shape index (κ3) is 8.47. The Labute approximate surface area is 312 Å². The number of piperazine rings is 1. The van der Waals surface area contributed by atoms with E-state index in [-0.39, 0.29) is 24.3 Å². The van der Waals surface area contributed by atoms with Crippen molar-refractivity contribution in [2.24, 2.45) is 0 Å². The van der Waals surface area contributed by atoms with Crippen LogP contribution in [0.25, 0.3) is 10.8 Å². The first-order valence-electron chi connectivity index (χ1n) is 19.0. The Hall–Kier alpha value is -3.54. The molecule has 9 nitrogen and oxygen atoms in total. The predicted octanol–water partition coefficient (Wildman–Crippen LogP) is 7.06. The molecule has 52 heavy (non-hydrogen) atoms. The van der Waals surface area contributed by atoms with Crippen molar-refractivity contribution in [2.45, 2.75) is 77.3 Å². The highest BCUT2D eigenvalue weighted by Gasteiger charge is 2.35. The molecule has 0 aliphatic carbocycles. The molecule has 3 aliphatic heterocycles. The summed E-state index contributed by atoms with van der Waals surface area (Å²) in [5.41, 5.74) is 3.05. The van der Waals surface area contributed by atoms with E-state index < -0.39 is 5.92 Å². The molecule has 1 amide bonds. The van der Waals surface area contributed by atoms with Crippen LogP contribution >= 0.6 is 11.6 Å². The number of fused-ring (bicyclic) bond motifs is 2. The number of nitrogens with zero attached hydrogens (tertiary/aromatic N) is 7. The van der Waals surface area contributed by atoms with Crippen molar-refractivity contribution >= 4 is 39.8 Å². The van der Waals surface area contributed by atoms with Crippen molar-refractivity contribution in [3.63, 3.8) is 0 Å². The van der Waals surface area contributed by atoms with Gasteiger partial charge in [-0.25, -0.2) is 8.78 Å². The van der Waals surface area contributed by atoms with Gasteiger partial charge in [-0.1, -0.05) is 69.1 Å². The van der Waals surface area contributed by atoms with Gasteiger partial charge in [-0.05, 0) is 50.4 Å². The van der Waals surface area contributed by atoms with Gasteiger partial charge < -0.3 is 19.4 Å². The van der Waals surface area contributed by atoms with Gasteiger partial charge in [-0.2, -0.15) is 9.97 Å². The van der Waals surface area contributed by atoms with Gasteiger partial charge in [0.1, 0.15) is 12.4 Å². The molecule has 1 unspecified atom stereocenters. The molecule has 0 N–H and O–H groups in total. The van der Waals surface area contributed by atoms with Gasteiger partial charge in [0.25, 0.3) is 5.92 Å². The van der Waals surface area contributed by atoms with Crippen molar-refractivity contribution < 1.29 is 18.3 Å². The number of rotatable bonds is 13. The fourth-order valence-electron chi connectivity index (χ4n) is 7.99. The van der Waals surface area contributed by atoms with Crippen LogP contribution in [0.5, 0.6) is 6.01 Å². The van der Waals surface area contributed by atoms with Gasteiger partial charge in [0.05, 0.1) is 22.8 Å². The maximum atomic E-state index is 13.5. The van der Waals surface area contributed by atoms with Crippen LogP contribution in [0.4, 0.5) is 20.3 Å². The monoisotopic (exact) mass is 737 g/mol. The minimum Gasteiger partial charge on any atom is -0.461 e. The third-order valence-corrected chi connectivity index (χ3v) is 11.7. The van der Waals surface area contributed by atoms with E-state index in [2.05, 4.69) is 66.8 Å². The summed E-state index contributed by atoms with van der Waals surface area (Å²) < 4.78 is 33.6. The Morgan fingerprint density at radius 2 is 1.73 bits per heavy atom. The molecule has 2 aromatic carbocycles. The molecule has 4 heterocycles. The van der Waals surface area contributed by atoms with Gasteiger partial charge in [-0.3, -0.25) is 14.6 Å². The summed E-state index contributed by atoms with van der Waals surface area (Å²) in [4.78, 5) is 34.1. The van der Waals surface area contributed by atoms with Gasteiger partial charge in [-0.15, -0.1) is 0 Å². The number of amides is 1. The fourth-order valence-corrected chi connectivity index (χ4v) is 8.27. The summed E-state index contributed by atoms with van der Waals surface area (Å²) in [6.07, 6.45) is 6.94. The molecule has 3 aromatic rings. The minimum atomic E-state index is -2.57. The zero-order valence-electron chi connectivity index (χ0n) is 31.2. The second-order valence-corrected chi connectivity index (χ2v) is 15.0. The van der Waals surface area contributed by atoms with E-state index in [1.165, 1.54) is 0 Å². The lowest BCUT2D eigenvalue weighted by Crippen LogP contribution is -2.50. The number of alkyl halides is 2. The minimum absolute atomic E-state index is 0.0491. The highest BCUT2D eigenvalue weighted by atomic mass is 35.5. The number of piperidine rings is 1. The zero-order valence-corrected chi connectivity index (χ0v) is 32.0. The van der Waals surface area contributed by atoms with Crippen molar-refractivity contribution in [3.8, 4) is 6.01 Å². The summed E-state index contributed by atoms with van der Waals surface area (Å²) in [7, 11) is 2.17.